The minimum Gasteiger partial charge on any atom is -0.495 e. The predicted octanol–water partition coefficient (Wildman–Crippen LogP) is 4.37. The Kier molecular flexibility index (Phi) is 7.58. The lowest BCUT2D eigenvalue weighted by molar-refractivity contribution is -0.122. The first-order chi connectivity index (χ1) is 16.6. The number of hydrogen-bond acceptors (Lipinski definition) is 5. The molecule has 1 aliphatic rings. The number of aryl methyl sites for hydroxylation is 1. The molecule has 6 nitrogen and oxygen atoms in total. The number of carbonyl (C=O) groups excluding carboxylic acids is 1. The van der Waals surface area contributed by atoms with Gasteiger partial charge in [-0.3, -0.25) is 14.6 Å². The van der Waals surface area contributed by atoms with Gasteiger partial charge in [0.1, 0.15) is 11.8 Å². The van der Waals surface area contributed by atoms with Crippen LogP contribution < -0.4 is 10.1 Å². The molecule has 0 radical (unpaired) electrons. The summed E-state index contributed by atoms with van der Waals surface area (Å²) in [7, 11) is 1.61. The zero-order valence-corrected chi connectivity index (χ0v) is 19.7. The molecule has 1 N–H and O–H groups in total. The molecule has 0 aromatic heterocycles. The van der Waals surface area contributed by atoms with Gasteiger partial charge in [-0.2, -0.15) is 5.26 Å². The average molecular weight is 455 g/mol. The van der Waals surface area contributed by atoms with Crippen LogP contribution in [0.3, 0.4) is 0 Å². The lowest BCUT2D eigenvalue weighted by Crippen LogP contribution is -2.49. The molecule has 174 valence electrons. The van der Waals surface area contributed by atoms with Crippen LogP contribution in [0.2, 0.25) is 0 Å². The van der Waals surface area contributed by atoms with E-state index in [2.05, 4.69) is 21.2 Å². The van der Waals surface area contributed by atoms with Crippen LogP contribution >= 0.6 is 0 Å². The van der Waals surface area contributed by atoms with Crippen molar-refractivity contribution >= 4 is 11.6 Å². The third kappa shape index (κ3) is 5.63. The van der Waals surface area contributed by atoms with E-state index in [1.54, 1.807) is 7.11 Å². The number of benzene rings is 3. The third-order valence-electron chi connectivity index (χ3n) is 6.24. The van der Waals surface area contributed by atoms with E-state index in [9.17, 15) is 4.79 Å². The number of piperazine rings is 1. The summed E-state index contributed by atoms with van der Waals surface area (Å²) in [4.78, 5) is 18.2. The fourth-order valence-corrected chi connectivity index (χ4v) is 4.41. The van der Waals surface area contributed by atoms with Crippen LogP contribution in [-0.4, -0.2) is 49.0 Å². The topological polar surface area (TPSA) is 68.6 Å². The fourth-order valence-electron chi connectivity index (χ4n) is 4.41. The van der Waals surface area contributed by atoms with E-state index in [4.69, 9.17) is 10.00 Å². The lowest BCUT2D eigenvalue weighted by atomic mass is 10.0. The quantitative estimate of drug-likeness (QED) is 0.574. The molecular formula is C28H30N4O2. The number of methoxy groups -OCH3 is 1. The number of rotatable bonds is 7. The zero-order chi connectivity index (χ0) is 23.9. The maximum absolute atomic E-state index is 13.6. The van der Waals surface area contributed by atoms with E-state index in [0.717, 1.165) is 43.9 Å². The van der Waals surface area contributed by atoms with Crippen molar-refractivity contribution < 1.29 is 9.53 Å². The second-order valence-corrected chi connectivity index (χ2v) is 8.63. The monoisotopic (exact) mass is 454 g/mol. The number of carbonyl (C=O) groups is 1. The highest BCUT2D eigenvalue weighted by Gasteiger charge is 2.31. The van der Waals surface area contributed by atoms with Crippen LogP contribution in [0.15, 0.2) is 72.8 Å². The summed E-state index contributed by atoms with van der Waals surface area (Å²) >= 11 is 0. The van der Waals surface area contributed by atoms with Crippen molar-refractivity contribution in [1.82, 2.24) is 9.80 Å². The number of nitrogens with zero attached hydrogens (tertiary/aromatic N) is 3. The van der Waals surface area contributed by atoms with Gasteiger partial charge >= 0.3 is 0 Å². The van der Waals surface area contributed by atoms with Gasteiger partial charge < -0.3 is 10.1 Å². The first kappa shape index (κ1) is 23.5. The maximum Gasteiger partial charge on any atom is 0.246 e. The molecule has 0 aliphatic carbocycles. The molecular weight excluding hydrogens is 424 g/mol. The number of nitriles is 1. The SMILES string of the molecule is COc1ccc(C)cc1NC(=O)C(c1ccccc1)N1CCN(Cc2ccc(C#N)cc2)CC1. The standard InChI is InChI=1S/C28H30N4O2/c1-21-8-13-26(34-2)25(18-21)30-28(33)27(24-6-4-3-5-7-24)32-16-14-31(15-17-32)20-23-11-9-22(19-29)10-12-23/h3-13,18,27H,14-17,20H2,1-2H3,(H,30,33). The largest absolute Gasteiger partial charge is 0.495 e. The summed E-state index contributed by atoms with van der Waals surface area (Å²) < 4.78 is 5.46. The molecule has 1 unspecified atom stereocenters. The molecule has 1 aliphatic heterocycles. The first-order valence-corrected chi connectivity index (χ1v) is 11.5. The van der Waals surface area contributed by atoms with E-state index in [1.807, 2.05) is 79.7 Å². The maximum atomic E-state index is 13.6. The van der Waals surface area contributed by atoms with E-state index in [1.165, 1.54) is 5.56 Å². The number of ether oxygens (including phenoxy) is 1. The summed E-state index contributed by atoms with van der Waals surface area (Å²) in [6, 6.07) is 25.3. The van der Waals surface area contributed by atoms with Crippen LogP contribution in [-0.2, 0) is 11.3 Å². The van der Waals surface area contributed by atoms with Gasteiger partial charge in [0.25, 0.3) is 0 Å². The Morgan fingerprint density at radius 3 is 2.38 bits per heavy atom. The van der Waals surface area contributed by atoms with Gasteiger partial charge in [0, 0.05) is 32.7 Å². The normalized spacial score (nSPS) is 15.3. The van der Waals surface area contributed by atoms with Crippen molar-refractivity contribution in [1.29, 1.82) is 5.26 Å². The summed E-state index contributed by atoms with van der Waals surface area (Å²) in [5, 5.41) is 12.1. The zero-order valence-electron chi connectivity index (χ0n) is 19.7. The van der Waals surface area contributed by atoms with Gasteiger partial charge in [-0.15, -0.1) is 0 Å². The molecule has 0 spiro atoms. The van der Waals surface area contributed by atoms with E-state index < -0.39 is 0 Å². The van der Waals surface area contributed by atoms with Crippen molar-refractivity contribution in [3.05, 3.63) is 95.1 Å². The predicted molar refractivity (Wildman–Crippen MR) is 134 cm³/mol. The first-order valence-electron chi connectivity index (χ1n) is 11.5. The molecule has 4 rings (SSSR count). The van der Waals surface area contributed by atoms with Crippen LogP contribution in [0.25, 0.3) is 0 Å². The van der Waals surface area contributed by atoms with Crippen molar-refractivity contribution in [3.8, 4) is 11.8 Å². The minimum absolute atomic E-state index is 0.0596. The number of hydrogen-bond donors (Lipinski definition) is 1. The fraction of sp³-hybridized carbons (Fsp3) is 0.286. The highest BCUT2D eigenvalue weighted by molar-refractivity contribution is 5.96. The summed E-state index contributed by atoms with van der Waals surface area (Å²) in [5.41, 5.74) is 4.59. The van der Waals surface area contributed by atoms with Gasteiger partial charge in [-0.1, -0.05) is 48.5 Å². The number of nitrogens with one attached hydrogen (secondary N) is 1. The molecule has 6 heteroatoms. The molecule has 1 amide bonds. The highest BCUT2D eigenvalue weighted by Crippen LogP contribution is 2.29. The number of amides is 1. The Morgan fingerprint density at radius 1 is 1.03 bits per heavy atom. The minimum atomic E-state index is -0.386. The summed E-state index contributed by atoms with van der Waals surface area (Å²) in [5.74, 6) is 0.591. The molecule has 1 heterocycles. The van der Waals surface area contributed by atoms with Crippen LogP contribution in [0, 0.1) is 18.3 Å². The van der Waals surface area contributed by atoms with Crippen LogP contribution in [0.5, 0.6) is 5.75 Å². The van der Waals surface area contributed by atoms with Gasteiger partial charge in [-0.25, -0.2) is 0 Å². The highest BCUT2D eigenvalue weighted by atomic mass is 16.5. The molecule has 3 aromatic carbocycles. The van der Waals surface area contributed by atoms with Crippen molar-refractivity contribution in [2.75, 3.05) is 38.6 Å². The van der Waals surface area contributed by atoms with Crippen molar-refractivity contribution in [3.63, 3.8) is 0 Å². The Hall–Kier alpha value is -3.66. The molecule has 0 saturated carbocycles. The van der Waals surface area contributed by atoms with E-state index in [-0.39, 0.29) is 11.9 Å². The molecule has 0 bridgehead atoms. The average Bonchev–Trinajstić information content (AvgIpc) is 2.86. The molecule has 1 fully saturated rings. The third-order valence-corrected chi connectivity index (χ3v) is 6.24. The molecule has 1 saturated heterocycles. The Morgan fingerprint density at radius 2 is 1.74 bits per heavy atom. The van der Waals surface area contributed by atoms with Crippen molar-refractivity contribution in [2.24, 2.45) is 0 Å². The molecule has 1 atom stereocenters. The van der Waals surface area contributed by atoms with Crippen LogP contribution in [0.1, 0.15) is 28.3 Å². The van der Waals surface area contributed by atoms with Gasteiger partial charge in [0.05, 0.1) is 24.4 Å². The summed E-state index contributed by atoms with van der Waals surface area (Å²) in [6.45, 7) is 6.14. The molecule has 3 aromatic rings. The summed E-state index contributed by atoms with van der Waals surface area (Å²) in [6.07, 6.45) is 0. The van der Waals surface area contributed by atoms with Crippen molar-refractivity contribution in [2.45, 2.75) is 19.5 Å². The Labute approximate surface area is 201 Å². The molecule has 34 heavy (non-hydrogen) atoms. The second-order valence-electron chi connectivity index (χ2n) is 8.63. The number of anilines is 1. The Balaban J connectivity index is 1.47. The van der Waals surface area contributed by atoms with E-state index >= 15 is 0 Å². The van der Waals surface area contributed by atoms with Gasteiger partial charge in [0.15, 0.2) is 0 Å². The van der Waals surface area contributed by atoms with E-state index in [0.29, 0.717) is 17.0 Å². The lowest BCUT2D eigenvalue weighted by Gasteiger charge is -2.39. The Bertz CT molecular complexity index is 1150. The van der Waals surface area contributed by atoms with Gasteiger partial charge in [-0.05, 0) is 47.9 Å². The second kappa shape index (κ2) is 11.0. The van der Waals surface area contributed by atoms with Gasteiger partial charge in [0.2, 0.25) is 5.91 Å². The van der Waals surface area contributed by atoms with Crippen LogP contribution in [0.4, 0.5) is 5.69 Å². The smallest absolute Gasteiger partial charge is 0.246 e.